The lowest BCUT2D eigenvalue weighted by Gasteiger charge is -2.15. The lowest BCUT2D eigenvalue weighted by molar-refractivity contribution is 0.0176. The van der Waals surface area contributed by atoms with Gasteiger partial charge in [0, 0.05) is 41.1 Å². The minimum atomic E-state index is -3.14. The molecule has 0 aliphatic carbocycles. The van der Waals surface area contributed by atoms with Crippen molar-refractivity contribution in [3.63, 3.8) is 0 Å². The molecule has 0 fully saturated rings. The Morgan fingerprint density at radius 2 is 1.65 bits per heavy atom. The zero-order chi connectivity index (χ0) is 22.6. The molecule has 3 rings (SSSR count). The number of rotatable bonds is 6. The largest absolute Gasteiger partial charge is 0.457 e. The third-order valence-corrected chi connectivity index (χ3v) is 4.36. The van der Waals surface area contributed by atoms with Crippen molar-refractivity contribution >= 4 is 34.9 Å². The second-order valence-corrected chi connectivity index (χ2v) is 6.94. The van der Waals surface area contributed by atoms with Crippen molar-refractivity contribution in [1.82, 2.24) is 4.98 Å². The molecule has 0 radical (unpaired) electrons. The van der Waals surface area contributed by atoms with Crippen molar-refractivity contribution in [3.05, 3.63) is 77.1 Å². The van der Waals surface area contributed by atoms with Gasteiger partial charge in [0.2, 0.25) is 0 Å². The van der Waals surface area contributed by atoms with Crippen molar-refractivity contribution in [2.45, 2.75) is 12.8 Å². The van der Waals surface area contributed by atoms with E-state index in [4.69, 9.17) is 22.1 Å². The summed E-state index contributed by atoms with van der Waals surface area (Å²) in [7, 11) is 0. The van der Waals surface area contributed by atoms with Gasteiger partial charge >= 0.3 is 6.03 Å². The van der Waals surface area contributed by atoms with E-state index in [1.807, 2.05) is 0 Å². The molecule has 31 heavy (non-hydrogen) atoms. The highest BCUT2D eigenvalue weighted by atomic mass is 35.5. The van der Waals surface area contributed by atoms with Gasteiger partial charge in [0.05, 0.1) is 0 Å². The number of primary amides is 1. The molecule has 2 aromatic carbocycles. The Balaban J connectivity index is 1.63. The van der Waals surface area contributed by atoms with Crippen LogP contribution in [0.5, 0.6) is 11.5 Å². The van der Waals surface area contributed by atoms with Gasteiger partial charge in [0.15, 0.2) is 0 Å². The van der Waals surface area contributed by atoms with Crippen LogP contribution in [0.1, 0.15) is 23.0 Å². The lowest BCUT2D eigenvalue weighted by atomic mass is 10.1. The number of amides is 3. The van der Waals surface area contributed by atoms with Gasteiger partial charge in [-0.3, -0.25) is 9.78 Å². The number of hydrogen-bond acceptors (Lipinski definition) is 4. The number of urea groups is 1. The Bertz CT molecular complexity index is 1120. The maximum absolute atomic E-state index is 13.6. The highest BCUT2D eigenvalue weighted by Gasteiger charge is 2.27. The molecule has 10 heteroatoms. The zero-order valence-corrected chi connectivity index (χ0v) is 16.9. The highest BCUT2D eigenvalue weighted by molar-refractivity contribution is 6.31. The lowest BCUT2D eigenvalue weighted by Crippen LogP contribution is -2.20. The first-order chi connectivity index (χ1) is 14.6. The number of nitrogens with zero attached hydrogens (tertiary/aromatic N) is 1. The summed E-state index contributed by atoms with van der Waals surface area (Å²) >= 11 is 5.80. The van der Waals surface area contributed by atoms with Crippen LogP contribution in [-0.2, 0) is 5.92 Å². The van der Waals surface area contributed by atoms with E-state index in [0.717, 1.165) is 13.0 Å². The standard InChI is InChI=1S/C21H17ClF2N4O3/c1-21(23,24)16-10-13(4-7-17(16)22)28-20(30)27-12-2-5-14(6-3-12)31-15-8-9-26-18(11-15)19(25)29/h2-11H,1H3,(H2,25,29)(H2,27,28,30). The number of halogens is 3. The molecule has 0 bridgehead atoms. The van der Waals surface area contributed by atoms with E-state index in [1.165, 1.54) is 24.4 Å². The van der Waals surface area contributed by atoms with Crippen molar-refractivity contribution in [2.75, 3.05) is 10.6 Å². The topological polar surface area (TPSA) is 106 Å². The zero-order valence-electron chi connectivity index (χ0n) is 16.2. The molecule has 1 heterocycles. The first-order valence-electron chi connectivity index (χ1n) is 8.91. The molecule has 160 valence electrons. The Kier molecular flexibility index (Phi) is 6.36. The number of carbonyl (C=O) groups excluding carboxylic acids is 2. The Morgan fingerprint density at radius 1 is 1.00 bits per heavy atom. The molecule has 0 atom stereocenters. The van der Waals surface area contributed by atoms with Crippen molar-refractivity contribution < 1.29 is 23.1 Å². The number of nitrogens with two attached hydrogens (primary N) is 1. The van der Waals surface area contributed by atoms with E-state index in [9.17, 15) is 18.4 Å². The van der Waals surface area contributed by atoms with Crippen molar-refractivity contribution in [2.24, 2.45) is 5.73 Å². The van der Waals surface area contributed by atoms with E-state index in [-0.39, 0.29) is 22.0 Å². The molecule has 0 spiro atoms. The van der Waals surface area contributed by atoms with Gasteiger partial charge in [-0.05, 0) is 48.5 Å². The molecule has 0 aliphatic rings. The third kappa shape index (κ3) is 5.89. The van der Waals surface area contributed by atoms with Gasteiger partial charge < -0.3 is 21.1 Å². The van der Waals surface area contributed by atoms with Gasteiger partial charge in [-0.1, -0.05) is 11.6 Å². The number of carbonyl (C=O) groups is 2. The fourth-order valence-corrected chi connectivity index (χ4v) is 2.87. The quantitative estimate of drug-likeness (QED) is 0.472. The highest BCUT2D eigenvalue weighted by Crippen LogP contribution is 2.34. The summed E-state index contributed by atoms with van der Waals surface area (Å²) in [5, 5.41) is 4.97. The average Bonchev–Trinajstić information content (AvgIpc) is 2.70. The number of anilines is 2. The van der Waals surface area contributed by atoms with Crippen LogP contribution < -0.4 is 21.1 Å². The van der Waals surface area contributed by atoms with Crippen LogP contribution in [0.15, 0.2) is 60.8 Å². The Labute approximate surface area is 181 Å². The van der Waals surface area contributed by atoms with Crippen LogP contribution in [0.2, 0.25) is 5.02 Å². The summed E-state index contributed by atoms with van der Waals surface area (Å²) < 4.78 is 32.8. The molecular formula is C21H17ClF2N4O3. The predicted molar refractivity (Wildman–Crippen MR) is 113 cm³/mol. The Morgan fingerprint density at radius 3 is 2.29 bits per heavy atom. The fraction of sp³-hybridized carbons (Fsp3) is 0.0952. The fourth-order valence-electron chi connectivity index (χ4n) is 2.58. The molecule has 1 aromatic heterocycles. The molecule has 0 saturated carbocycles. The van der Waals surface area contributed by atoms with Gasteiger partial charge in [0.25, 0.3) is 11.8 Å². The molecule has 7 nitrogen and oxygen atoms in total. The molecule has 4 N–H and O–H groups in total. The second-order valence-electron chi connectivity index (χ2n) is 6.53. The monoisotopic (exact) mass is 446 g/mol. The molecule has 3 aromatic rings. The number of aromatic nitrogens is 1. The SMILES string of the molecule is CC(F)(F)c1cc(NC(=O)Nc2ccc(Oc3ccnc(C(N)=O)c3)cc2)ccc1Cl. The van der Waals surface area contributed by atoms with Crippen molar-refractivity contribution in [3.8, 4) is 11.5 Å². The third-order valence-electron chi connectivity index (χ3n) is 4.03. The summed E-state index contributed by atoms with van der Waals surface area (Å²) in [4.78, 5) is 27.2. The summed E-state index contributed by atoms with van der Waals surface area (Å²) in [5.74, 6) is -3.01. The summed E-state index contributed by atoms with van der Waals surface area (Å²) in [6.07, 6.45) is 1.40. The first kappa shape index (κ1) is 22.0. The van der Waals surface area contributed by atoms with E-state index in [2.05, 4.69) is 15.6 Å². The molecule has 3 amide bonds. The van der Waals surface area contributed by atoms with Gasteiger partial charge in [-0.15, -0.1) is 0 Å². The molecular weight excluding hydrogens is 430 g/mol. The van der Waals surface area contributed by atoms with E-state index >= 15 is 0 Å². The predicted octanol–water partition coefficient (Wildman–Crippen LogP) is 5.38. The van der Waals surface area contributed by atoms with Crippen LogP contribution in [0.4, 0.5) is 25.0 Å². The van der Waals surface area contributed by atoms with Crippen molar-refractivity contribution in [1.29, 1.82) is 0 Å². The van der Waals surface area contributed by atoms with Gasteiger partial charge in [0.1, 0.15) is 17.2 Å². The number of hydrogen-bond donors (Lipinski definition) is 3. The number of nitrogens with one attached hydrogen (secondary N) is 2. The molecule has 0 unspecified atom stereocenters. The smallest absolute Gasteiger partial charge is 0.323 e. The molecule has 0 aliphatic heterocycles. The summed E-state index contributed by atoms with van der Waals surface area (Å²) in [5.41, 5.74) is 5.48. The molecule has 0 saturated heterocycles. The van der Waals surface area contributed by atoms with Crippen LogP contribution >= 0.6 is 11.6 Å². The average molecular weight is 447 g/mol. The van der Waals surface area contributed by atoms with Crippen LogP contribution in [0.3, 0.4) is 0 Å². The van der Waals surface area contributed by atoms with E-state index in [0.29, 0.717) is 17.2 Å². The normalized spacial score (nSPS) is 11.0. The number of ether oxygens (including phenoxy) is 1. The van der Waals surface area contributed by atoms with Crippen LogP contribution in [0, 0.1) is 0 Å². The maximum atomic E-state index is 13.6. The van der Waals surface area contributed by atoms with Gasteiger partial charge in [-0.2, -0.15) is 0 Å². The number of pyridine rings is 1. The maximum Gasteiger partial charge on any atom is 0.323 e. The van der Waals surface area contributed by atoms with E-state index < -0.39 is 17.9 Å². The summed E-state index contributed by atoms with van der Waals surface area (Å²) in [6, 6.07) is 12.5. The van der Waals surface area contributed by atoms with Crippen LogP contribution in [0.25, 0.3) is 0 Å². The number of benzene rings is 2. The second kappa shape index (κ2) is 8.97. The van der Waals surface area contributed by atoms with Gasteiger partial charge in [-0.25, -0.2) is 13.6 Å². The number of alkyl halides is 2. The first-order valence-corrected chi connectivity index (χ1v) is 9.29. The minimum Gasteiger partial charge on any atom is -0.457 e. The summed E-state index contributed by atoms with van der Waals surface area (Å²) in [6.45, 7) is 0.725. The minimum absolute atomic E-state index is 0.0682. The van der Waals surface area contributed by atoms with E-state index in [1.54, 1.807) is 30.3 Å². The van der Waals surface area contributed by atoms with Crippen LogP contribution in [-0.4, -0.2) is 16.9 Å². The Hall–Kier alpha value is -3.72.